The summed E-state index contributed by atoms with van der Waals surface area (Å²) < 4.78 is 6.91. The Morgan fingerprint density at radius 1 is 1.14 bits per heavy atom. The molecule has 102 valence electrons. The van der Waals surface area contributed by atoms with Crippen LogP contribution in [-0.4, -0.2) is 16.3 Å². The Bertz CT molecular complexity index is 922. The van der Waals surface area contributed by atoms with Crippen LogP contribution in [0.15, 0.2) is 48.5 Å². The summed E-state index contributed by atoms with van der Waals surface area (Å²) in [4.78, 5) is 18.3. The summed E-state index contributed by atoms with van der Waals surface area (Å²) in [5.41, 5.74) is 2.36. The second-order valence-corrected chi connectivity index (χ2v) is 5.63. The van der Waals surface area contributed by atoms with Crippen molar-refractivity contribution in [2.45, 2.75) is 0 Å². The van der Waals surface area contributed by atoms with E-state index in [1.54, 1.807) is 0 Å². The first kappa shape index (κ1) is 12.1. The maximum Gasteiger partial charge on any atom is 0.279 e. The van der Waals surface area contributed by atoms with E-state index in [-0.39, 0.29) is 0 Å². The van der Waals surface area contributed by atoms with Crippen LogP contribution in [0.3, 0.4) is 0 Å². The van der Waals surface area contributed by atoms with E-state index in [9.17, 15) is 4.79 Å². The fraction of sp³-hybridized carbons (Fsp3) is 0. The number of carbonyl (C=O) groups excluding carboxylic acids is 1. The minimum Gasteiger partial charge on any atom is -0.431 e. The summed E-state index contributed by atoms with van der Waals surface area (Å²) in [6.07, 6.45) is 0.800. The summed E-state index contributed by atoms with van der Waals surface area (Å²) in [7, 11) is 0. The first-order valence-corrected chi connectivity index (χ1v) is 7.25. The van der Waals surface area contributed by atoms with E-state index in [0.29, 0.717) is 16.6 Å². The zero-order valence-corrected chi connectivity index (χ0v) is 11.7. The number of nitrogens with one attached hydrogen (secondary N) is 1. The van der Waals surface area contributed by atoms with Crippen molar-refractivity contribution in [2.75, 3.05) is 0 Å². The molecule has 0 amide bonds. The van der Waals surface area contributed by atoms with Crippen molar-refractivity contribution in [1.82, 2.24) is 9.97 Å². The predicted octanol–water partition coefficient (Wildman–Crippen LogP) is 4.38. The lowest BCUT2D eigenvalue weighted by atomic mass is 10.2. The molecule has 0 aliphatic rings. The largest absolute Gasteiger partial charge is 0.431 e. The third-order valence-corrected chi connectivity index (χ3v) is 4.14. The number of benzene rings is 2. The molecule has 4 rings (SSSR count). The van der Waals surface area contributed by atoms with E-state index in [1.807, 2.05) is 48.5 Å². The van der Waals surface area contributed by atoms with Crippen molar-refractivity contribution in [3.05, 3.63) is 54.2 Å². The molecule has 4 aromatic rings. The number of aldehydes is 1. The van der Waals surface area contributed by atoms with Crippen molar-refractivity contribution in [1.29, 1.82) is 0 Å². The molecule has 0 saturated heterocycles. The van der Waals surface area contributed by atoms with Gasteiger partial charge in [-0.1, -0.05) is 23.5 Å². The standard InChI is InChI=1S/C16H10N2O2S/c19-9-11-7-10-5-6-12(8-14(10)17-11)20-16-18-13-3-1-2-4-15(13)21-16/h1-9,17H. The van der Waals surface area contributed by atoms with E-state index >= 15 is 0 Å². The second kappa shape index (κ2) is 4.71. The smallest absolute Gasteiger partial charge is 0.279 e. The van der Waals surface area contributed by atoms with Gasteiger partial charge in [0.05, 0.1) is 15.9 Å². The van der Waals surface area contributed by atoms with Gasteiger partial charge in [0.1, 0.15) is 5.75 Å². The van der Waals surface area contributed by atoms with E-state index in [2.05, 4.69) is 9.97 Å². The number of aromatic nitrogens is 2. The molecule has 0 unspecified atom stereocenters. The number of ether oxygens (including phenoxy) is 1. The number of para-hydroxylation sites is 1. The van der Waals surface area contributed by atoms with E-state index in [0.717, 1.165) is 27.4 Å². The van der Waals surface area contributed by atoms with Crippen LogP contribution in [0, 0.1) is 0 Å². The van der Waals surface area contributed by atoms with Crippen LogP contribution in [0.4, 0.5) is 0 Å². The van der Waals surface area contributed by atoms with Gasteiger partial charge in [-0.05, 0) is 30.3 Å². The molecule has 0 aliphatic heterocycles. The van der Waals surface area contributed by atoms with E-state index in [1.165, 1.54) is 11.3 Å². The van der Waals surface area contributed by atoms with Gasteiger partial charge in [0.25, 0.3) is 5.19 Å². The second-order valence-electron chi connectivity index (χ2n) is 4.64. The summed E-state index contributed by atoms with van der Waals surface area (Å²) in [5, 5.41) is 1.59. The average Bonchev–Trinajstić information content (AvgIpc) is 3.09. The highest BCUT2D eigenvalue weighted by molar-refractivity contribution is 7.20. The van der Waals surface area contributed by atoms with Crippen molar-refractivity contribution in [2.24, 2.45) is 0 Å². The van der Waals surface area contributed by atoms with Crippen LogP contribution in [0.5, 0.6) is 10.9 Å². The Hall–Kier alpha value is -2.66. The Kier molecular flexibility index (Phi) is 2.72. The quantitative estimate of drug-likeness (QED) is 0.570. The molecular formula is C16H10N2O2S. The number of H-pyrrole nitrogens is 1. The molecule has 21 heavy (non-hydrogen) atoms. The summed E-state index contributed by atoms with van der Waals surface area (Å²) in [6, 6.07) is 15.4. The number of carbonyl (C=O) groups is 1. The van der Waals surface area contributed by atoms with Crippen LogP contribution in [0.2, 0.25) is 0 Å². The highest BCUT2D eigenvalue weighted by Crippen LogP contribution is 2.32. The van der Waals surface area contributed by atoms with Crippen LogP contribution in [-0.2, 0) is 0 Å². The molecule has 0 spiro atoms. The highest BCUT2D eigenvalue weighted by atomic mass is 32.1. The monoisotopic (exact) mass is 294 g/mol. The molecule has 2 aromatic carbocycles. The molecule has 1 N–H and O–H groups in total. The van der Waals surface area contributed by atoms with Gasteiger partial charge in [-0.25, -0.2) is 4.98 Å². The molecule has 2 aromatic heterocycles. The summed E-state index contributed by atoms with van der Waals surface area (Å²) >= 11 is 1.51. The number of hydrogen-bond acceptors (Lipinski definition) is 4. The summed E-state index contributed by atoms with van der Waals surface area (Å²) in [5.74, 6) is 0.695. The maximum absolute atomic E-state index is 10.8. The fourth-order valence-electron chi connectivity index (χ4n) is 2.25. The van der Waals surface area contributed by atoms with Crippen molar-refractivity contribution >= 4 is 38.7 Å². The highest BCUT2D eigenvalue weighted by Gasteiger charge is 2.07. The van der Waals surface area contributed by atoms with Crippen LogP contribution in [0.25, 0.3) is 21.1 Å². The lowest BCUT2D eigenvalue weighted by Gasteiger charge is -2.00. The van der Waals surface area contributed by atoms with Gasteiger partial charge < -0.3 is 9.72 Å². The normalized spacial score (nSPS) is 11.0. The molecule has 0 radical (unpaired) electrons. The number of thiazole rings is 1. The molecular weight excluding hydrogens is 284 g/mol. The third-order valence-electron chi connectivity index (χ3n) is 3.22. The lowest BCUT2D eigenvalue weighted by Crippen LogP contribution is -1.82. The lowest BCUT2D eigenvalue weighted by molar-refractivity contribution is 0.112. The minimum atomic E-state index is 0.558. The predicted molar refractivity (Wildman–Crippen MR) is 83.4 cm³/mol. The first-order valence-electron chi connectivity index (χ1n) is 6.43. The van der Waals surface area contributed by atoms with Crippen molar-refractivity contribution in [3.63, 3.8) is 0 Å². The molecule has 0 fully saturated rings. The number of aromatic amines is 1. The van der Waals surface area contributed by atoms with Gasteiger partial charge in [0.15, 0.2) is 6.29 Å². The van der Waals surface area contributed by atoms with Gasteiger partial charge in [-0.15, -0.1) is 0 Å². The summed E-state index contributed by atoms with van der Waals surface area (Å²) in [6.45, 7) is 0. The Morgan fingerprint density at radius 2 is 2.05 bits per heavy atom. The van der Waals surface area contributed by atoms with Crippen LogP contribution in [0.1, 0.15) is 10.5 Å². The molecule has 0 saturated carbocycles. The van der Waals surface area contributed by atoms with Gasteiger partial charge >= 0.3 is 0 Å². The zero-order valence-electron chi connectivity index (χ0n) is 10.9. The van der Waals surface area contributed by atoms with Crippen molar-refractivity contribution < 1.29 is 9.53 Å². The molecule has 2 heterocycles. The Labute approximate surface area is 124 Å². The topological polar surface area (TPSA) is 55.0 Å². The number of rotatable bonds is 3. The molecule has 0 atom stereocenters. The van der Waals surface area contributed by atoms with Gasteiger partial charge in [0.2, 0.25) is 0 Å². The number of nitrogens with zero attached hydrogens (tertiary/aromatic N) is 1. The van der Waals surface area contributed by atoms with E-state index in [4.69, 9.17) is 4.74 Å². The maximum atomic E-state index is 10.8. The molecule has 0 aliphatic carbocycles. The Morgan fingerprint density at radius 3 is 2.90 bits per heavy atom. The van der Waals surface area contributed by atoms with E-state index < -0.39 is 0 Å². The minimum absolute atomic E-state index is 0.558. The molecule has 5 heteroatoms. The van der Waals surface area contributed by atoms with Crippen molar-refractivity contribution in [3.8, 4) is 10.9 Å². The van der Waals surface area contributed by atoms with Gasteiger partial charge in [-0.3, -0.25) is 4.79 Å². The van der Waals surface area contributed by atoms with Gasteiger partial charge in [0, 0.05) is 17.0 Å². The Balaban J connectivity index is 1.70. The molecule has 0 bridgehead atoms. The third kappa shape index (κ3) is 2.17. The van der Waals surface area contributed by atoms with Crippen LogP contribution >= 0.6 is 11.3 Å². The zero-order chi connectivity index (χ0) is 14.2. The first-order chi connectivity index (χ1) is 10.3. The average molecular weight is 294 g/mol. The SMILES string of the molecule is O=Cc1cc2ccc(Oc3nc4ccccc4s3)cc2[nH]1. The number of fused-ring (bicyclic) bond motifs is 2. The fourth-order valence-corrected chi connectivity index (χ4v) is 3.09. The van der Waals surface area contributed by atoms with Crippen LogP contribution < -0.4 is 4.74 Å². The molecule has 4 nitrogen and oxygen atoms in total. The van der Waals surface area contributed by atoms with Gasteiger partial charge in [-0.2, -0.15) is 0 Å². The number of hydrogen-bond donors (Lipinski definition) is 1.